The second kappa shape index (κ2) is 6.76. The molecule has 0 aromatic heterocycles. The summed E-state index contributed by atoms with van der Waals surface area (Å²) in [6.07, 6.45) is 0.394. The second-order valence-electron chi connectivity index (χ2n) is 5.10. The minimum Gasteiger partial charge on any atom is -0.310 e. The Morgan fingerprint density at radius 2 is 1.67 bits per heavy atom. The maximum Gasteiger partial charge on any atom is 0.126 e. The molecule has 1 atom stereocenters. The van der Waals surface area contributed by atoms with Crippen molar-refractivity contribution in [3.05, 3.63) is 70.5 Å². The summed E-state index contributed by atoms with van der Waals surface area (Å²) in [7, 11) is 0. The zero-order valence-corrected chi connectivity index (χ0v) is 12.1. The maximum absolute atomic E-state index is 13.7. The standard InChI is InChI=1S/C17H18F3N/c1-3-21-17(13-5-4-11(2)16(20)9-13)8-12-6-14(18)10-15(19)7-12/h4-7,9-10,17,21H,3,8H2,1-2H3. The Hall–Kier alpha value is -1.81. The van der Waals surface area contributed by atoms with E-state index >= 15 is 0 Å². The molecule has 0 aliphatic rings. The Morgan fingerprint density at radius 3 is 2.24 bits per heavy atom. The molecule has 0 saturated heterocycles. The summed E-state index contributed by atoms with van der Waals surface area (Å²) in [5.74, 6) is -1.48. The molecule has 4 heteroatoms. The Labute approximate surface area is 122 Å². The van der Waals surface area contributed by atoms with E-state index in [9.17, 15) is 13.2 Å². The van der Waals surface area contributed by atoms with E-state index in [0.29, 0.717) is 24.1 Å². The summed E-state index contributed by atoms with van der Waals surface area (Å²) < 4.78 is 40.2. The largest absolute Gasteiger partial charge is 0.310 e. The van der Waals surface area contributed by atoms with Crippen molar-refractivity contribution in [2.75, 3.05) is 6.54 Å². The van der Waals surface area contributed by atoms with Gasteiger partial charge in [-0.2, -0.15) is 0 Å². The van der Waals surface area contributed by atoms with Gasteiger partial charge in [0.2, 0.25) is 0 Å². The van der Waals surface area contributed by atoms with Crippen LogP contribution in [0.25, 0.3) is 0 Å². The molecule has 0 radical (unpaired) electrons. The van der Waals surface area contributed by atoms with Gasteiger partial charge >= 0.3 is 0 Å². The Balaban J connectivity index is 2.27. The molecule has 1 nitrogen and oxygen atoms in total. The van der Waals surface area contributed by atoms with Crippen molar-refractivity contribution in [2.24, 2.45) is 0 Å². The van der Waals surface area contributed by atoms with Gasteiger partial charge in [-0.05, 0) is 54.8 Å². The van der Waals surface area contributed by atoms with Crippen LogP contribution < -0.4 is 5.32 Å². The molecule has 2 aromatic carbocycles. The number of nitrogens with one attached hydrogen (secondary N) is 1. The van der Waals surface area contributed by atoms with E-state index < -0.39 is 11.6 Å². The Bertz CT molecular complexity index is 605. The summed E-state index contributed by atoms with van der Waals surface area (Å²) in [6, 6.07) is 8.28. The van der Waals surface area contributed by atoms with Crippen LogP contribution in [0.15, 0.2) is 36.4 Å². The van der Waals surface area contributed by atoms with Gasteiger partial charge in [-0.25, -0.2) is 13.2 Å². The number of benzene rings is 2. The van der Waals surface area contributed by atoms with Crippen LogP contribution in [0.2, 0.25) is 0 Å². The lowest BCUT2D eigenvalue weighted by atomic mass is 9.97. The highest BCUT2D eigenvalue weighted by Gasteiger charge is 2.14. The van der Waals surface area contributed by atoms with Gasteiger partial charge in [0, 0.05) is 12.1 Å². The van der Waals surface area contributed by atoms with Crippen molar-refractivity contribution in [3.63, 3.8) is 0 Å². The molecule has 0 aliphatic heterocycles. The highest BCUT2D eigenvalue weighted by molar-refractivity contribution is 5.28. The summed E-state index contributed by atoms with van der Waals surface area (Å²) in [5, 5.41) is 3.22. The van der Waals surface area contributed by atoms with E-state index in [-0.39, 0.29) is 11.9 Å². The van der Waals surface area contributed by atoms with Gasteiger partial charge in [0.1, 0.15) is 17.5 Å². The Kier molecular flexibility index (Phi) is 5.02. The molecule has 21 heavy (non-hydrogen) atoms. The van der Waals surface area contributed by atoms with E-state index in [2.05, 4.69) is 5.32 Å². The fraction of sp³-hybridized carbons (Fsp3) is 0.294. The van der Waals surface area contributed by atoms with Crippen molar-refractivity contribution in [3.8, 4) is 0 Å². The number of halogens is 3. The highest BCUT2D eigenvalue weighted by Crippen LogP contribution is 2.22. The van der Waals surface area contributed by atoms with Crippen LogP contribution in [0.5, 0.6) is 0 Å². The van der Waals surface area contributed by atoms with E-state index in [1.54, 1.807) is 13.0 Å². The summed E-state index contributed by atoms with van der Waals surface area (Å²) in [6.45, 7) is 4.31. The normalized spacial score (nSPS) is 12.4. The fourth-order valence-electron chi connectivity index (χ4n) is 2.34. The van der Waals surface area contributed by atoms with Crippen LogP contribution >= 0.6 is 0 Å². The molecule has 0 bridgehead atoms. The first kappa shape index (κ1) is 15.6. The second-order valence-corrected chi connectivity index (χ2v) is 5.10. The van der Waals surface area contributed by atoms with Crippen molar-refractivity contribution in [1.82, 2.24) is 5.32 Å². The predicted octanol–water partition coefficient (Wildman–Crippen LogP) is 4.31. The molecular formula is C17H18F3N. The smallest absolute Gasteiger partial charge is 0.126 e. The number of likely N-dealkylation sites (N-methyl/N-ethyl adjacent to an activating group) is 1. The van der Waals surface area contributed by atoms with Crippen molar-refractivity contribution < 1.29 is 13.2 Å². The zero-order chi connectivity index (χ0) is 15.4. The lowest BCUT2D eigenvalue weighted by molar-refractivity contribution is 0.533. The van der Waals surface area contributed by atoms with Crippen LogP contribution in [-0.4, -0.2) is 6.54 Å². The minimum absolute atomic E-state index is 0.189. The van der Waals surface area contributed by atoms with Crippen molar-refractivity contribution >= 4 is 0 Å². The average molecular weight is 293 g/mol. The molecule has 2 aromatic rings. The SMILES string of the molecule is CCNC(Cc1cc(F)cc(F)c1)c1ccc(C)c(F)c1. The average Bonchev–Trinajstić information content (AvgIpc) is 2.40. The molecule has 112 valence electrons. The van der Waals surface area contributed by atoms with E-state index in [1.807, 2.05) is 13.0 Å². The molecule has 0 spiro atoms. The first-order chi connectivity index (χ1) is 9.99. The fourth-order valence-corrected chi connectivity index (χ4v) is 2.34. The number of aryl methyl sites for hydroxylation is 1. The number of hydrogen-bond acceptors (Lipinski definition) is 1. The van der Waals surface area contributed by atoms with Gasteiger partial charge in [0.25, 0.3) is 0 Å². The quantitative estimate of drug-likeness (QED) is 0.866. The molecule has 0 aliphatic carbocycles. The van der Waals surface area contributed by atoms with Crippen LogP contribution in [0.3, 0.4) is 0 Å². The van der Waals surface area contributed by atoms with Gasteiger partial charge < -0.3 is 5.32 Å². The zero-order valence-electron chi connectivity index (χ0n) is 12.1. The topological polar surface area (TPSA) is 12.0 Å². The summed E-state index contributed by atoms with van der Waals surface area (Å²) in [5.41, 5.74) is 1.88. The molecule has 1 N–H and O–H groups in total. The molecule has 1 unspecified atom stereocenters. The molecule has 0 heterocycles. The molecule has 2 rings (SSSR count). The van der Waals surface area contributed by atoms with Crippen LogP contribution in [0.1, 0.15) is 29.7 Å². The Morgan fingerprint density at radius 1 is 1.00 bits per heavy atom. The minimum atomic E-state index is -0.602. The molecule has 0 saturated carbocycles. The van der Waals surface area contributed by atoms with Crippen molar-refractivity contribution in [2.45, 2.75) is 26.3 Å². The van der Waals surface area contributed by atoms with Crippen LogP contribution in [0.4, 0.5) is 13.2 Å². The number of hydrogen-bond donors (Lipinski definition) is 1. The molecule has 0 amide bonds. The van der Waals surface area contributed by atoms with Gasteiger partial charge in [0.15, 0.2) is 0 Å². The van der Waals surface area contributed by atoms with Gasteiger partial charge in [-0.3, -0.25) is 0 Å². The lowest BCUT2D eigenvalue weighted by Crippen LogP contribution is -2.23. The van der Waals surface area contributed by atoms with Crippen LogP contribution in [-0.2, 0) is 6.42 Å². The van der Waals surface area contributed by atoms with Crippen molar-refractivity contribution in [1.29, 1.82) is 0 Å². The third-order valence-corrected chi connectivity index (χ3v) is 3.41. The van der Waals surface area contributed by atoms with Gasteiger partial charge in [-0.15, -0.1) is 0 Å². The molecular weight excluding hydrogens is 275 g/mol. The monoisotopic (exact) mass is 293 g/mol. The van der Waals surface area contributed by atoms with E-state index in [1.165, 1.54) is 18.2 Å². The van der Waals surface area contributed by atoms with E-state index in [4.69, 9.17) is 0 Å². The maximum atomic E-state index is 13.7. The summed E-state index contributed by atoms with van der Waals surface area (Å²) >= 11 is 0. The third-order valence-electron chi connectivity index (χ3n) is 3.41. The van der Waals surface area contributed by atoms with Crippen LogP contribution in [0, 0.1) is 24.4 Å². The molecule has 0 fully saturated rings. The number of rotatable bonds is 5. The van der Waals surface area contributed by atoms with Gasteiger partial charge in [0.05, 0.1) is 0 Å². The van der Waals surface area contributed by atoms with E-state index in [0.717, 1.165) is 11.6 Å². The predicted molar refractivity (Wildman–Crippen MR) is 77.6 cm³/mol. The first-order valence-electron chi connectivity index (χ1n) is 6.94. The third kappa shape index (κ3) is 4.08. The highest BCUT2D eigenvalue weighted by atomic mass is 19.1. The van der Waals surface area contributed by atoms with Gasteiger partial charge in [-0.1, -0.05) is 19.1 Å². The lowest BCUT2D eigenvalue weighted by Gasteiger charge is -2.19. The first-order valence-corrected chi connectivity index (χ1v) is 6.94. The summed E-state index contributed by atoms with van der Waals surface area (Å²) in [4.78, 5) is 0.